The van der Waals surface area contributed by atoms with Crippen LogP contribution in [0.1, 0.15) is 37.8 Å². The molecule has 0 unspecified atom stereocenters. The van der Waals surface area contributed by atoms with Crippen molar-refractivity contribution in [2.75, 3.05) is 23.9 Å². The lowest BCUT2D eigenvalue weighted by molar-refractivity contribution is -0.124. The maximum Gasteiger partial charge on any atom is 0.238 e. The molecule has 0 saturated heterocycles. The van der Waals surface area contributed by atoms with Gasteiger partial charge in [-0.05, 0) is 36.8 Å². The molecule has 2 aliphatic heterocycles. The zero-order chi connectivity index (χ0) is 24.1. The van der Waals surface area contributed by atoms with Crippen LogP contribution in [0, 0.1) is 18.8 Å². The Kier molecular flexibility index (Phi) is 5.16. The molecule has 3 aromatic carbocycles. The number of rotatable bonds is 3. The lowest BCUT2D eigenvalue weighted by Gasteiger charge is -2.40. The summed E-state index contributed by atoms with van der Waals surface area (Å²) in [5, 5.41) is 0. The van der Waals surface area contributed by atoms with Gasteiger partial charge in [0.15, 0.2) is 11.6 Å². The van der Waals surface area contributed by atoms with Crippen molar-refractivity contribution < 1.29 is 19.2 Å². The van der Waals surface area contributed by atoms with Gasteiger partial charge in [-0.25, -0.2) is 0 Å². The molecule has 0 saturated carbocycles. The van der Waals surface area contributed by atoms with Gasteiger partial charge >= 0.3 is 0 Å². The van der Waals surface area contributed by atoms with Crippen molar-refractivity contribution in [3.05, 3.63) is 95.1 Å². The molecule has 6 heteroatoms. The van der Waals surface area contributed by atoms with Crippen LogP contribution < -0.4 is 9.80 Å². The van der Waals surface area contributed by atoms with Crippen LogP contribution in [0.15, 0.2) is 72.8 Å². The maximum atomic E-state index is 13.8. The standard InChI is InChI=1S/C28H24N2O4/c1-16-9-8-10-17(15-16)22(23-25(31)18-11-4-6-13-20(18)29(2)27(23)33)24-26(32)19-12-5-7-14-21(19)30(3)28(24)34/h4-15,22-24H,1-3H3/t23-,24-/m0/s1. The van der Waals surface area contributed by atoms with Gasteiger partial charge in [-0.2, -0.15) is 0 Å². The minimum absolute atomic E-state index is 0.368. The average molecular weight is 453 g/mol. The number of nitrogens with zero attached hydrogens (tertiary/aromatic N) is 2. The highest BCUT2D eigenvalue weighted by atomic mass is 16.2. The number of fused-ring (bicyclic) bond motifs is 2. The number of benzene rings is 3. The Bertz CT molecular complexity index is 1280. The smallest absolute Gasteiger partial charge is 0.238 e. The van der Waals surface area contributed by atoms with Crippen LogP contribution in [0.2, 0.25) is 0 Å². The van der Waals surface area contributed by atoms with Gasteiger partial charge in [0, 0.05) is 31.1 Å². The van der Waals surface area contributed by atoms with E-state index in [1.807, 2.05) is 25.1 Å². The molecule has 0 N–H and O–H groups in total. The quantitative estimate of drug-likeness (QED) is 0.563. The Labute approximate surface area is 197 Å². The van der Waals surface area contributed by atoms with Crippen molar-refractivity contribution in [1.29, 1.82) is 0 Å². The molecule has 3 aromatic rings. The molecule has 2 amide bonds. The second-order valence-electron chi connectivity index (χ2n) is 8.95. The van der Waals surface area contributed by atoms with Crippen LogP contribution in [0.25, 0.3) is 0 Å². The minimum Gasteiger partial charge on any atom is -0.314 e. The summed E-state index contributed by atoms with van der Waals surface area (Å²) in [6, 6.07) is 21.2. The second-order valence-corrected chi connectivity index (χ2v) is 8.95. The molecule has 2 atom stereocenters. The largest absolute Gasteiger partial charge is 0.314 e. The number of anilines is 2. The van der Waals surface area contributed by atoms with Gasteiger partial charge in [0.25, 0.3) is 0 Å². The fourth-order valence-electron chi connectivity index (χ4n) is 5.25. The Morgan fingerprint density at radius 2 is 1.12 bits per heavy atom. The van der Waals surface area contributed by atoms with Crippen LogP contribution in [0.4, 0.5) is 11.4 Å². The van der Waals surface area contributed by atoms with Crippen molar-refractivity contribution in [2.24, 2.45) is 11.8 Å². The van der Waals surface area contributed by atoms with E-state index < -0.39 is 29.6 Å². The molecule has 0 bridgehead atoms. The first-order chi connectivity index (χ1) is 16.3. The van der Waals surface area contributed by atoms with E-state index in [-0.39, 0.29) is 11.6 Å². The third-order valence-corrected chi connectivity index (χ3v) is 6.97. The third kappa shape index (κ3) is 3.17. The second kappa shape index (κ2) is 8.06. The highest BCUT2D eigenvalue weighted by molar-refractivity contribution is 6.25. The van der Waals surface area contributed by atoms with Gasteiger partial charge in [-0.3, -0.25) is 19.2 Å². The van der Waals surface area contributed by atoms with Gasteiger partial charge in [0.1, 0.15) is 11.8 Å². The summed E-state index contributed by atoms with van der Waals surface area (Å²) in [5.74, 6) is -4.91. The Morgan fingerprint density at radius 1 is 0.647 bits per heavy atom. The van der Waals surface area contributed by atoms with E-state index in [1.165, 1.54) is 9.80 Å². The summed E-state index contributed by atoms with van der Waals surface area (Å²) in [4.78, 5) is 57.8. The third-order valence-electron chi connectivity index (χ3n) is 6.97. The molecule has 0 fully saturated rings. The fourth-order valence-corrected chi connectivity index (χ4v) is 5.25. The SMILES string of the molecule is Cc1cccc(C([C@H]2C(=O)c3ccccc3N(C)C2=O)[C@H]2C(=O)c3ccccc3N(C)C2=O)c1. The van der Waals surface area contributed by atoms with Gasteiger partial charge in [0.05, 0.1) is 11.4 Å². The lowest BCUT2D eigenvalue weighted by Crippen LogP contribution is -2.52. The molecule has 170 valence electrons. The fraction of sp³-hybridized carbons (Fsp3) is 0.214. The van der Waals surface area contributed by atoms with E-state index >= 15 is 0 Å². The zero-order valence-corrected chi connectivity index (χ0v) is 19.2. The number of amides is 2. The van der Waals surface area contributed by atoms with Crippen LogP contribution in [-0.4, -0.2) is 37.5 Å². The molecule has 0 aromatic heterocycles. The topological polar surface area (TPSA) is 74.8 Å². The molecule has 0 aliphatic carbocycles. The normalized spacial score (nSPS) is 20.0. The number of aryl methyl sites for hydroxylation is 1. The van der Waals surface area contributed by atoms with Crippen LogP contribution in [0.5, 0.6) is 0 Å². The summed E-state index contributed by atoms with van der Waals surface area (Å²) in [6.07, 6.45) is 0. The average Bonchev–Trinajstić information content (AvgIpc) is 2.85. The molecule has 2 heterocycles. The number of hydrogen-bond donors (Lipinski definition) is 0. The molecule has 2 aliphatic rings. The highest BCUT2D eigenvalue weighted by Gasteiger charge is 2.52. The van der Waals surface area contributed by atoms with E-state index in [0.717, 1.165) is 5.56 Å². The van der Waals surface area contributed by atoms with Crippen LogP contribution >= 0.6 is 0 Å². The summed E-state index contributed by atoms with van der Waals surface area (Å²) in [7, 11) is 3.25. The van der Waals surface area contributed by atoms with Gasteiger partial charge < -0.3 is 9.80 Å². The highest BCUT2D eigenvalue weighted by Crippen LogP contribution is 2.45. The summed E-state index contributed by atoms with van der Waals surface area (Å²) >= 11 is 0. The minimum atomic E-state index is -1.20. The van der Waals surface area contributed by atoms with Crippen molar-refractivity contribution in [3.8, 4) is 0 Å². The summed E-state index contributed by atoms with van der Waals surface area (Å²) in [5.41, 5.74) is 3.42. The first-order valence-electron chi connectivity index (χ1n) is 11.2. The van der Waals surface area contributed by atoms with E-state index in [9.17, 15) is 19.2 Å². The molecule has 34 heavy (non-hydrogen) atoms. The van der Waals surface area contributed by atoms with E-state index in [4.69, 9.17) is 0 Å². The Morgan fingerprint density at radius 3 is 1.59 bits per heavy atom. The molecular weight excluding hydrogens is 428 g/mol. The molecule has 6 nitrogen and oxygen atoms in total. The van der Waals surface area contributed by atoms with E-state index in [0.29, 0.717) is 28.1 Å². The van der Waals surface area contributed by atoms with E-state index in [2.05, 4.69) is 0 Å². The molecule has 0 spiro atoms. The monoisotopic (exact) mass is 452 g/mol. The van der Waals surface area contributed by atoms with Gasteiger partial charge in [-0.1, -0.05) is 54.1 Å². The van der Waals surface area contributed by atoms with Crippen LogP contribution in [0.3, 0.4) is 0 Å². The lowest BCUT2D eigenvalue weighted by atomic mass is 9.68. The van der Waals surface area contributed by atoms with Crippen molar-refractivity contribution in [2.45, 2.75) is 12.8 Å². The number of carbonyl (C=O) groups excluding carboxylic acids is 4. The predicted octanol–water partition coefficient (Wildman–Crippen LogP) is 4.03. The Hall–Kier alpha value is -4.06. The predicted molar refractivity (Wildman–Crippen MR) is 129 cm³/mol. The molecule has 5 rings (SSSR count). The zero-order valence-electron chi connectivity index (χ0n) is 19.2. The molecule has 0 radical (unpaired) electrons. The van der Waals surface area contributed by atoms with Crippen molar-refractivity contribution >= 4 is 34.8 Å². The number of hydrogen-bond acceptors (Lipinski definition) is 4. The summed E-state index contributed by atoms with van der Waals surface area (Å²) < 4.78 is 0. The van der Waals surface area contributed by atoms with E-state index in [1.54, 1.807) is 68.7 Å². The first-order valence-corrected chi connectivity index (χ1v) is 11.2. The number of ketones is 2. The van der Waals surface area contributed by atoms with Crippen molar-refractivity contribution in [1.82, 2.24) is 0 Å². The maximum absolute atomic E-state index is 13.8. The number of Topliss-reactive ketones (excluding diaryl/α,β-unsaturated/α-hetero) is 2. The number of carbonyl (C=O) groups is 4. The first kappa shape index (κ1) is 21.8. The van der Waals surface area contributed by atoms with Gasteiger partial charge in [0.2, 0.25) is 11.8 Å². The molecular formula is C28H24N2O4. The van der Waals surface area contributed by atoms with Gasteiger partial charge in [-0.15, -0.1) is 0 Å². The van der Waals surface area contributed by atoms with Crippen molar-refractivity contribution in [3.63, 3.8) is 0 Å². The Balaban J connectivity index is 1.72. The van der Waals surface area contributed by atoms with Crippen LogP contribution in [-0.2, 0) is 9.59 Å². The summed E-state index contributed by atoms with van der Waals surface area (Å²) in [6.45, 7) is 1.90. The number of para-hydroxylation sites is 2.